The maximum Gasteiger partial charge on any atom is 0.306 e. The molecule has 1 aliphatic carbocycles. The van der Waals surface area contributed by atoms with Crippen LogP contribution in [-0.2, 0) is 9.59 Å². The SMILES string of the molecule is CCC(CNC(=O)C1CCCC(C(=O)O)C1)c1ccccc1. The molecule has 1 aliphatic rings. The number of carbonyl (C=O) groups excluding carboxylic acids is 1. The highest BCUT2D eigenvalue weighted by molar-refractivity contribution is 5.80. The Kier molecular flexibility index (Phi) is 5.99. The number of rotatable bonds is 6. The minimum atomic E-state index is -0.770. The molecule has 4 heteroatoms. The van der Waals surface area contributed by atoms with Crippen molar-refractivity contribution in [1.29, 1.82) is 0 Å². The Balaban J connectivity index is 1.87. The summed E-state index contributed by atoms with van der Waals surface area (Å²) in [6.07, 6.45) is 3.76. The third-order valence-electron chi connectivity index (χ3n) is 4.68. The lowest BCUT2D eigenvalue weighted by Gasteiger charge is -2.26. The molecule has 22 heavy (non-hydrogen) atoms. The number of carboxylic acids is 1. The summed E-state index contributed by atoms with van der Waals surface area (Å²) in [5.41, 5.74) is 1.23. The molecule has 0 aromatic heterocycles. The summed E-state index contributed by atoms with van der Waals surface area (Å²) in [5.74, 6) is -0.957. The molecule has 0 aliphatic heterocycles. The topological polar surface area (TPSA) is 66.4 Å². The lowest BCUT2D eigenvalue weighted by molar-refractivity contribution is -0.144. The molecule has 0 radical (unpaired) electrons. The van der Waals surface area contributed by atoms with Gasteiger partial charge in [-0.3, -0.25) is 9.59 Å². The summed E-state index contributed by atoms with van der Waals surface area (Å²) in [7, 11) is 0. The van der Waals surface area contributed by atoms with Gasteiger partial charge < -0.3 is 10.4 Å². The zero-order valence-corrected chi connectivity index (χ0v) is 13.1. The average Bonchev–Trinajstić information content (AvgIpc) is 2.56. The van der Waals surface area contributed by atoms with Crippen molar-refractivity contribution in [3.05, 3.63) is 35.9 Å². The molecule has 1 aromatic rings. The van der Waals surface area contributed by atoms with Crippen molar-refractivity contribution in [3.63, 3.8) is 0 Å². The summed E-state index contributed by atoms with van der Waals surface area (Å²) in [5, 5.41) is 12.1. The van der Waals surface area contributed by atoms with Gasteiger partial charge in [0, 0.05) is 18.4 Å². The van der Waals surface area contributed by atoms with Gasteiger partial charge in [0.2, 0.25) is 5.91 Å². The van der Waals surface area contributed by atoms with Crippen molar-refractivity contribution in [2.45, 2.75) is 44.9 Å². The first kappa shape index (κ1) is 16.5. The number of carboxylic acid groups (broad SMARTS) is 1. The van der Waals surface area contributed by atoms with E-state index in [0.717, 1.165) is 19.3 Å². The molecule has 0 heterocycles. The molecule has 3 atom stereocenters. The smallest absolute Gasteiger partial charge is 0.306 e. The molecule has 1 amide bonds. The molecule has 120 valence electrons. The van der Waals surface area contributed by atoms with E-state index in [0.29, 0.717) is 25.3 Å². The molecule has 2 rings (SSSR count). The Hall–Kier alpha value is -1.84. The molecule has 0 bridgehead atoms. The third kappa shape index (κ3) is 4.33. The summed E-state index contributed by atoms with van der Waals surface area (Å²) < 4.78 is 0. The molecular weight excluding hydrogens is 278 g/mol. The van der Waals surface area contributed by atoms with Crippen molar-refractivity contribution >= 4 is 11.9 Å². The zero-order valence-electron chi connectivity index (χ0n) is 13.1. The number of carbonyl (C=O) groups is 2. The predicted molar refractivity (Wildman–Crippen MR) is 85.6 cm³/mol. The minimum Gasteiger partial charge on any atom is -0.481 e. The molecule has 0 saturated heterocycles. The zero-order chi connectivity index (χ0) is 15.9. The van der Waals surface area contributed by atoms with Crippen LogP contribution in [0.1, 0.15) is 50.5 Å². The van der Waals surface area contributed by atoms with Gasteiger partial charge in [0.25, 0.3) is 0 Å². The highest BCUT2D eigenvalue weighted by Crippen LogP contribution is 2.29. The second-order valence-corrected chi connectivity index (χ2v) is 6.16. The Morgan fingerprint density at radius 3 is 2.55 bits per heavy atom. The lowest BCUT2D eigenvalue weighted by atomic mass is 9.81. The molecule has 3 unspecified atom stereocenters. The largest absolute Gasteiger partial charge is 0.481 e. The predicted octanol–water partition coefficient (Wildman–Crippen LogP) is 3.19. The Morgan fingerprint density at radius 1 is 1.23 bits per heavy atom. The van der Waals surface area contributed by atoms with Crippen molar-refractivity contribution in [2.24, 2.45) is 11.8 Å². The van der Waals surface area contributed by atoms with Gasteiger partial charge in [0.15, 0.2) is 0 Å². The molecule has 1 saturated carbocycles. The van der Waals surface area contributed by atoms with Crippen LogP contribution in [-0.4, -0.2) is 23.5 Å². The van der Waals surface area contributed by atoms with Gasteiger partial charge in [-0.15, -0.1) is 0 Å². The van der Waals surface area contributed by atoms with Crippen molar-refractivity contribution in [2.75, 3.05) is 6.54 Å². The number of aliphatic carboxylic acids is 1. The van der Waals surface area contributed by atoms with Gasteiger partial charge in [-0.05, 0) is 31.2 Å². The van der Waals surface area contributed by atoms with Crippen LogP contribution < -0.4 is 5.32 Å². The van der Waals surface area contributed by atoms with E-state index < -0.39 is 5.97 Å². The summed E-state index contributed by atoms with van der Waals surface area (Å²) in [4.78, 5) is 23.4. The summed E-state index contributed by atoms with van der Waals surface area (Å²) in [6.45, 7) is 2.73. The van der Waals surface area contributed by atoms with Crippen LogP contribution in [0.4, 0.5) is 0 Å². The van der Waals surface area contributed by atoms with Crippen LogP contribution in [0.5, 0.6) is 0 Å². The Morgan fingerprint density at radius 2 is 1.91 bits per heavy atom. The van der Waals surface area contributed by atoms with E-state index in [-0.39, 0.29) is 17.7 Å². The Bertz CT molecular complexity index is 500. The third-order valence-corrected chi connectivity index (χ3v) is 4.68. The van der Waals surface area contributed by atoms with Crippen LogP contribution in [0.2, 0.25) is 0 Å². The van der Waals surface area contributed by atoms with E-state index in [2.05, 4.69) is 24.4 Å². The molecule has 4 nitrogen and oxygen atoms in total. The highest BCUT2D eigenvalue weighted by Gasteiger charge is 2.31. The fourth-order valence-electron chi connectivity index (χ4n) is 3.24. The number of amides is 1. The van der Waals surface area contributed by atoms with Crippen molar-refractivity contribution in [1.82, 2.24) is 5.32 Å². The number of hydrogen-bond donors (Lipinski definition) is 2. The fraction of sp³-hybridized carbons (Fsp3) is 0.556. The number of hydrogen-bond acceptors (Lipinski definition) is 2. The second kappa shape index (κ2) is 7.97. The first-order chi connectivity index (χ1) is 10.6. The minimum absolute atomic E-state index is 0.0142. The van der Waals surface area contributed by atoms with Crippen LogP contribution in [0.15, 0.2) is 30.3 Å². The van der Waals surface area contributed by atoms with Gasteiger partial charge in [0.1, 0.15) is 0 Å². The molecule has 1 fully saturated rings. The summed E-state index contributed by atoms with van der Waals surface area (Å²) >= 11 is 0. The monoisotopic (exact) mass is 303 g/mol. The number of nitrogens with one attached hydrogen (secondary N) is 1. The number of benzene rings is 1. The molecule has 0 spiro atoms. The van der Waals surface area contributed by atoms with Gasteiger partial charge in [-0.2, -0.15) is 0 Å². The van der Waals surface area contributed by atoms with Gasteiger partial charge in [0.05, 0.1) is 5.92 Å². The van der Waals surface area contributed by atoms with E-state index in [1.165, 1.54) is 5.56 Å². The maximum atomic E-state index is 12.3. The van der Waals surface area contributed by atoms with E-state index in [1.54, 1.807) is 0 Å². The molecule has 2 N–H and O–H groups in total. The fourth-order valence-corrected chi connectivity index (χ4v) is 3.24. The molecule has 1 aromatic carbocycles. The van der Waals surface area contributed by atoms with E-state index in [9.17, 15) is 9.59 Å². The van der Waals surface area contributed by atoms with Crippen LogP contribution in [0.25, 0.3) is 0 Å². The van der Waals surface area contributed by atoms with Crippen LogP contribution in [0.3, 0.4) is 0 Å². The van der Waals surface area contributed by atoms with E-state index in [1.807, 2.05) is 18.2 Å². The van der Waals surface area contributed by atoms with Crippen LogP contribution >= 0.6 is 0 Å². The van der Waals surface area contributed by atoms with Gasteiger partial charge in [-0.25, -0.2) is 0 Å². The summed E-state index contributed by atoms with van der Waals surface area (Å²) in [6, 6.07) is 10.2. The maximum absolute atomic E-state index is 12.3. The van der Waals surface area contributed by atoms with Crippen molar-refractivity contribution in [3.8, 4) is 0 Å². The lowest BCUT2D eigenvalue weighted by Crippen LogP contribution is -2.37. The standard InChI is InChI=1S/C18H25NO3/c1-2-13(14-7-4-3-5-8-14)12-19-17(20)15-9-6-10-16(11-15)18(21)22/h3-5,7-8,13,15-16H,2,6,9-12H2,1H3,(H,19,20)(H,21,22). The average molecular weight is 303 g/mol. The van der Waals surface area contributed by atoms with E-state index in [4.69, 9.17) is 5.11 Å². The van der Waals surface area contributed by atoms with E-state index >= 15 is 0 Å². The normalized spacial score (nSPS) is 22.8. The first-order valence-corrected chi connectivity index (χ1v) is 8.17. The molecular formula is C18H25NO3. The second-order valence-electron chi connectivity index (χ2n) is 6.16. The highest BCUT2D eigenvalue weighted by atomic mass is 16.4. The Labute approximate surface area is 131 Å². The van der Waals surface area contributed by atoms with Crippen molar-refractivity contribution < 1.29 is 14.7 Å². The van der Waals surface area contributed by atoms with Gasteiger partial charge in [-0.1, -0.05) is 43.7 Å². The van der Waals surface area contributed by atoms with Crippen LogP contribution in [0, 0.1) is 11.8 Å². The quantitative estimate of drug-likeness (QED) is 0.848. The van der Waals surface area contributed by atoms with Gasteiger partial charge >= 0.3 is 5.97 Å². The first-order valence-electron chi connectivity index (χ1n) is 8.17.